The molecule has 0 aliphatic carbocycles. The summed E-state index contributed by atoms with van der Waals surface area (Å²) >= 11 is 0. The molecule has 1 atom stereocenters. The van der Waals surface area contributed by atoms with E-state index in [0.717, 1.165) is 11.1 Å². The number of halogens is 2. The normalized spacial score (nSPS) is 12.2. The minimum Gasteiger partial charge on any atom is -0.494 e. The van der Waals surface area contributed by atoms with Crippen LogP contribution in [0.2, 0.25) is 0 Å². The van der Waals surface area contributed by atoms with Crippen LogP contribution in [0.1, 0.15) is 22.7 Å². The molecular formula is C17H19F2NO. The highest BCUT2D eigenvalue weighted by atomic mass is 19.1. The topological polar surface area (TPSA) is 21.3 Å². The minimum absolute atomic E-state index is 0.165. The Morgan fingerprint density at radius 2 is 1.95 bits per heavy atom. The van der Waals surface area contributed by atoms with Crippen molar-refractivity contribution in [1.29, 1.82) is 0 Å². The molecule has 0 bridgehead atoms. The van der Waals surface area contributed by atoms with Crippen molar-refractivity contribution in [2.75, 3.05) is 14.2 Å². The zero-order chi connectivity index (χ0) is 15.4. The molecule has 2 aromatic rings. The van der Waals surface area contributed by atoms with Crippen LogP contribution in [0, 0.1) is 18.6 Å². The van der Waals surface area contributed by atoms with Crippen molar-refractivity contribution in [2.24, 2.45) is 0 Å². The molecule has 0 saturated carbocycles. The molecule has 0 amide bonds. The van der Waals surface area contributed by atoms with E-state index in [1.807, 2.05) is 6.92 Å². The molecule has 2 aromatic carbocycles. The van der Waals surface area contributed by atoms with Gasteiger partial charge >= 0.3 is 0 Å². The zero-order valence-electron chi connectivity index (χ0n) is 12.4. The number of hydrogen-bond acceptors (Lipinski definition) is 2. The van der Waals surface area contributed by atoms with Crippen LogP contribution in [0.5, 0.6) is 5.75 Å². The molecule has 0 heterocycles. The Hall–Kier alpha value is -1.94. The third kappa shape index (κ3) is 3.39. The third-order valence-electron chi connectivity index (χ3n) is 3.65. The molecule has 4 heteroatoms. The second-order valence-corrected chi connectivity index (χ2v) is 4.98. The average molecular weight is 291 g/mol. The van der Waals surface area contributed by atoms with Crippen LogP contribution in [0.3, 0.4) is 0 Å². The van der Waals surface area contributed by atoms with Crippen molar-refractivity contribution in [3.8, 4) is 5.75 Å². The minimum atomic E-state index is -0.366. The summed E-state index contributed by atoms with van der Waals surface area (Å²) in [5.74, 6) is -0.436. The van der Waals surface area contributed by atoms with Crippen LogP contribution in [-0.2, 0) is 6.42 Å². The molecule has 0 fully saturated rings. The molecule has 0 radical (unpaired) electrons. The van der Waals surface area contributed by atoms with E-state index in [0.29, 0.717) is 12.0 Å². The van der Waals surface area contributed by atoms with Gasteiger partial charge in [-0.25, -0.2) is 8.78 Å². The van der Waals surface area contributed by atoms with E-state index >= 15 is 0 Å². The lowest BCUT2D eigenvalue weighted by Gasteiger charge is -2.20. The number of rotatable bonds is 5. The number of methoxy groups -OCH3 is 1. The van der Waals surface area contributed by atoms with Crippen LogP contribution < -0.4 is 10.1 Å². The molecule has 0 aliphatic rings. The summed E-state index contributed by atoms with van der Waals surface area (Å²) < 4.78 is 32.7. The van der Waals surface area contributed by atoms with E-state index in [9.17, 15) is 8.78 Å². The standard InChI is InChI=1S/C17H19F2NO/c1-11-7-8-13(18)10-14(11)15(20-2)9-12-5-4-6-16(21-3)17(12)19/h4-8,10,15,20H,9H2,1-3H3. The van der Waals surface area contributed by atoms with Gasteiger partial charge in [-0.2, -0.15) is 0 Å². The third-order valence-corrected chi connectivity index (χ3v) is 3.65. The Bertz CT molecular complexity index is 628. The number of ether oxygens (including phenoxy) is 1. The van der Waals surface area contributed by atoms with Gasteiger partial charge in [-0.3, -0.25) is 0 Å². The Morgan fingerprint density at radius 3 is 2.62 bits per heavy atom. The molecule has 2 nitrogen and oxygen atoms in total. The molecule has 112 valence electrons. The fourth-order valence-electron chi connectivity index (χ4n) is 2.45. The van der Waals surface area contributed by atoms with Crippen molar-refractivity contribution in [3.63, 3.8) is 0 Å². The molecular weight excluding hydrogens is 272 g/mol. The Labute approximate surface area is 123 Å². The van der Waals surface area contributed by atoms with Crippen molar-refractivity contribution in [2.45, 2.75) is 19.4 Å². The number of likely N-dealkylation sites (N-methyl/N-ethyl adjacent to an activating group) is 1. The highest BCUT2D eigenvalue weighted by molar-refractivity contribution is 5.35. The summed E-state index contributed by atoms with van der Waals surface area (Å²) in [6.45, 7) is 1.92. The zero-order valence-corrected chi connectivity index (χ0v) is 12.4. The van der Waals surface area contributed by atoms with E-state index in [4.69, 9.17) is 4.74 Å². The number of benzene rings is 2. The van der Waals surface area contributed by atoms with Gasteiger partial charge in [0.05, 0.1) is 7.11 Å². The predicted octanol–water partition coefficient (Wildman–Crippen LogP) is 3.79. The van der Waals surface area contributed by atoms with E-state index in [-0.39, 0.29) is 23.4 Å². The molecule has 0 aliphatic heterocycles. The first-order valence-corrected chi connectivity index (χ1v) is 6.81. The van der Waals surface area contributed by atoms with Crippen molar-refractivity contribution in [1.82, 2.24) is 5.32 Å². The van der Waals surface area contributed by atoms with Crippen molar-refractivity contribution in [3.05, 3.63) is 64.7 Å². The van der Waals surface area contributed by atoms with Gasteiger partial charge < -0.3 is 10.1 Å². The summed E-state index contributed by atoms with van der Waals surface area (Å²) in [5.41, 5.74) is 2.34. The van der Waals surface area contributed by atoms with Gasteiger partial charge in [0.15, 0.2) is 11.6 Å². The molecule has 0 spiro atoms. The van der Waals surface area contributed by atoms with Gasteiger partial charge in [-0.15, -0.1) is 0 Å². The molecule has 0 saturated heterocycles. The maximum atomic E-state index is 14.2. The maximum absolute atomic E-state index is 14.2. The van der Waals surface area contributed by atoms with Gasteiger partial charge in [0.25, 0.3) is 0 Å². The van der Waals surface area contributed by atoms with Crippen molar-refractivity contribution >= 4 is 0 Å². The Morgan fingerprint density at radius 1 is 1.19 bits per heavy atom. The number of aryl methyl sites for hydroxylation is 1. The first-order chi connectivity index (χ1) is 10.1. The molecule has 21 heavy (non-hydrogen) atoms. The smallest absolute Gasteiger partial charge is 0.168 e. The quantitative estimate of drug-likeness (QED) is 0.905. The summed E-state index contributed by atoms with van der Waals surface area (Å²) in [5, 5.41) is 3.13. The SMILES string of the molecule is CNC(Cc1cccc(OC)c1F)c1cc(F)ccc1C. The van der Waals surface area contributed by atoms with E-state index < -0.39 is 0 Å². The molecule has 1 N–H and O–H groups in total. The van der Waals surface area contributed by atoms with Gasteiger partial charge in [-0.1, -0.05) is 18.2 Å². The second-order valence-electron chi connectivity index (χ2n) is 4.98. The van der Waals surface area contributed by atoms with E-state index in [2.05, 4.69) is 5.32 Å². The van der Waals surface area contributed by atoms with Crippen LogP contribution in [0.15, 0.2) is 36.4 Å². The summed E-state index contributed by atoms with van der Waals surface area (Å²) in [7, 11) is 3.22. The largest absolute Gasteiger partial charge is 0.494 e. The summed E-state index contributed by atoms with van der Waals surface area (Å²) in [4.78, 5) is 0. The van der Waals surface area contributed by atoms with Crippen LogP contribution in [0.25, 0.3) is 0 Å². The van der Waals surface area contributed by atoms with Crippen molar-refractivity contribution < 1.29 is 13.5 Å². The monoisotopic (exact) mass is 291 g/mol. The van der Waals surface area contributed by atoms with E-state index in [1.54, 1.807) is 31.3 Å². The van der Waals surface area contributed by atoms with E-state index in [1.165, 1.54) is 19.2 Å². The predicted molar refractivity (Wildman–Crippen MR) is 79.6 cm³/mol. The second kappa shape index (κ2) is 6.68. The van der Waals surface area contributed by atoms with Gasteiger partial charge in [0.1, 0.15) is 5.82 Å². The summed E-state index contributed by atoms with van der Waals surface area (Å²) in [6.07, 6.45) is 0.420. The Kier molecular flexibility index (Phi) is 4.91. The first kappa shape index (κ1) is 15.4. The van der Waals surface area contributed by atoms with Crippen LogP contribution >= 0.6 is 0 Å². The van der Waals surface area contributed by atoms with Crippen LogP contribution in [-0.4, -0.2) is 14.2 Å². The maximum Gasteiger partial charge on any atom is 0.168 e. The number of nitrogens with one attached hydrogen (secondary N) is 1. The molecule has 0 aromatic heterocycles. The van der Waals surface area contributed by atoms with Gasteiger partial charge in [0.2, 0.25) is 0 Å². The van der Waals surface area contributed by atoms with Gasteiger partial charge in [-0.05, 0) is 55.3 Å². The fraction of sp³-hybridized carbons (Fsp3) is 0.294. The Balaban J connectivity index is 2.33. The summed E-state index contributed by atoms with van der Waals surface area (Å²) in [6, 6.07) is 9.55. The highest BCUT2D eigenvalue weighted by Gasteiger charge is 2.17. The lowest BCUT2D eigenvalue weighted by molar-refractivity contribution is 0.383. The lowest BCUT2D eigenvalue weighted by atomic mass is 9.95. The number of hydrogen-bond donors (Lipinski definition) is 1. The lowest BCUT2D eigenvalue weighted by Crippen LogP contribution is -2.20. The van der Waals surface area contributed by atoms with Gasteiger partial charge in [0, 0.05) is 6.04 Å². The molecule has 1 unspecified atom stereocenters. The highest BCUT2D eigenvalue weighted by Crippen LogP contribution is 2.27. The fourth-order valence-corrected chi connectivity index (χ4v) is 2.45. The first-order valence-electron chi connectivity index (χ1n) is 6.81. The molecule has 2 rings (SSSR count). The van der Waals surface area contributed by atoms with Crippen LogP contribution in [0.4, 0.5) is 8.78 Å². The average Bonchev–Trinajstić information content (AvgIpc) is 2.49.